The summed E-state index contributed by atoms with van der Waals surface area (Å²) < 4.78 is 14.5. The van der Waals surface area contributed by atoms with E-state index in [1.54, 1.807) is 16.8 Å². The molecule has 0 aliphatic carbocycles. The molecule has 0 saturated carbocycles. The summed E-state index contributed by atoms with van der Waals surface area (Å²) in [6.07, 6.45) is 1.71. The van der Waals surface area contributed by atoms with Gasteiger partial charge in [-0.1, -0.05) is 0 Å². The van der Waals surface area contributed by atoms with Crippen LogP contribution in [-0.4, -0.2) is 10.5 Å². The molecule has 5 heteroatoms. The molecule has 1 heterocycles. The Kier molecular flexibility index (Phi) is 3.32. The van der Waals surface area contributed by atoms with E-state index in [2.05, 4.69) is 5.32 Å². The van der Waals surface area contributed by atoms with Gasteiger partial charge in [0.05, 0.1) is 5.69 Å². The number of rotatable bonds is 3. The summed E-state index contributed by atoms with van der Waals surface area (Å²) in [6, 6.07) is 7.22. The van der Waals surface area contributed by atoms with E-state index in [1.165, 1.54) is 24.3 Å². The minimum absolute atomic E-state index is 0.264. The minimum atomic E-state index is -0.339. The molecule has 2 aromatic rings. The molecule has 0 saturated heterocycles. The smallest absolute Gasteiger partial charge is 0.272 e. The number of amides is 1. The zero-order valence-electron chi connectivity index (χ0n) is 9.98. The first-order chi connectivity index (χ1) is 8.60. The maximum Gasteiger partial charge on any atom is 0.272 e. The van der Waals surface area contributed by atoms with Crippen molar-refractivity contribution < 1.29 is 9.18 Å². The lowest BCUT2D eigenvalue weighted by atomic mass is 10.3. The van der Waals surface area contributed by atoms with Crippen LogP contribution in [-0.2, 0) is 6.54 Å². The van der Waals surface area contributed by atoms with Crippen LogP contribution in [0.4, 0.5) is 15.8 Å². The van der Waals surface area contributed by atoms with E-state index in [-0.39, 0.29) is 11.7 Å². The third-order valence-electron chi connectivity index (χ3n) is 2.59. The molecule has 18 heavy (non-hydrogen) atoms. The molecular formula is C13H14FN3O. The van der Waals surface area contributed by atoms with Crippen molar-refractivity contribution >= 4 is 17.3 Å². The fraction of sp³-hybridized carbons (Fsp3) is 0.154. The molecule has 0 aliphatic heterocycles. The summed E-state index contributed by atoms with van der Waals surface area (Å²) in [6.45, 7) is 2.58. The number of aryl methyl sites for hydroxylation is 1. The van der Waals surface area contributed by atoms with Crippen molar-refractivity contribution in [1.29, 1.82) is 0 Å². The molecule has 2 rings (SSSR count). The fourth-order valence-electron chi connectivity index (χ4n) is 1.71. The first-order valence-corrected chi connectivity index (χ1v) is 5.62. The van der Waals surface area contributed by atoms with E-state index in [9.17, 15) is 9.18 Å². The van der Waals surface area contributed by atoms with Crippen molar-refractivity contribution in [2.45, 2.75) is 13.5 Å². The second-order valence-corrected chi connectivity index (χ2v) is 3.91. The minimum Gasteiger partial charge on any atom is -0.397 e. The van der Waals surface area contributed by atoms with E-state index in [0.29, 0.717) is 23.6 Å². The van der Waals surface area contributed by atoms with Gasteiger partial charge in [-0.05, 0) is 37.3 Å². The van der Waals surface area contributed by atoms with Crippen molar-refractivity contribution in [2.24, 2.45) is 0 Å². The average Bonchev–Trinajstić information content (AvgIpc) is 2.73. The Morgan fingerprint density at radius 2 is 2.06 bits per heavy atom. The highest BCUT2D eigenvalue weighted by Crippen LogP contribution is 2.14. The van der Waals surface area contributed by atoms with Crippen LogP contribution in [0.3, 0.4) is 0 Å². The maximum atomic E-state index is 12.7. The number of nitrogen functional groups attached to an aromatic ring is 1. The number of hydrogen-bond acceptors (Lipinski definition) is 2. The van der Waals surface area contributed by atoms with Gasteiger partial charge in [-0.3, -0.25) is 4.79 Å². The van der Waals surface area contributed by atoms with Gasteiger partial charge < -0.3 is 15.6 Å². The molecule has 0 spiro atoms. The Bertz CT molecular complexity index is 560. The summed E-state index contributed by atoms with van der Waals surface area (Å²) >= 11 is 0. The van der Waals surface area contributed by atoms with Crippen LogP contribution in [0.15, 0.2) is 36.5 Å². The van der Waals surface area contributed by atoms with E-state index in [1.807, 2.05) is 6.92 Å². The molecule has 4 nitrogen and oxygen atoms in total. The molecule has 0 bridgehead atoms. The lowest BCUT2D eigenvalue weighted by molar-refractivity contribution is 0.101. The number of carbonyl (C=O) groups is 1. The van der Waals surface area contributed by atoms with Crippen LogP contribution in [0, 0.1) is 5.82 Å². The van der Waals surface area contributed by atoms with Gasteiger partial charge in [-0.2, -0.15) is 0 Å². The zero-order chi connectivity index (χ0) is 13.1. The lowest BCUT2D eigenvalue weighted by Gasteiger charge is -2.07. The van der Waals surface area contributed by atoms with Crippen molar-refractivity contribution in [3.05, 3.63) is 48.0 Å². The van der Waals surface area contributed by atoms with Crippen LogP contribution < -0.4 is 11.1 Å². The van der Waals surface area contributed by atoms with Crippen molar-refractivity contribution in [2.75, 3.05) is 11.1 Å². The van der Waals surface area contributed by atoms with Crippen LogP contribution in [0.2, 0.25) is 0 Å². The lowest BCUT2D eigenvalue weighted by Crippen LogP contribution is -2.16. The Morgan fingerprint density at radius 3 is 2.67 bits per heavy atom. The van der Waals surface area contributed by atoms with Gasteiger partial charge in [0.2, 0.25) is 0 Å². The average molecular weight is 247 g/mol. The number of anilines is 2. The number of nitrogens with one attached hydrogen (secondary N) is 1. The summed E-state index contributed by atoms with van der Waals surface area (Å²) in [5.74, 6) is -0.602. The van der Waals surface area contributed by atoms with Gasteiger partial charge in [0.25, 0.3) is 5.91 Å². The van der Waals surface area contributed by atoms with Crippen molar-refractivity contribution in [3.8, 4) is 0 Å². The first kappa shape index (κ1) is 12.2. The van der Waals surface area contributed by atoms with Gasteiger partial charge in [0.1, 0.15) is 11.5 Å². The normalized spacial score (nSPS) is 10.3. The highest BCUT2D eigenvalue weighted by molar-refractivity contribution is 6.03. The van der Waals surface area contributed by atoms with E-state index >= 15 is 0 Å². The number of halogens is 1. The molecule has 94 valence electrons. The van der Waals surface area contributed by atoms with Gasteiger partial charge >= 0.3 is 0 Å². The molecule has 0 radical (unpaired) electrons. The Balaban J connectivity index is 2.19. The fourth-order valence-corrected chi connectivity index (χ4v) is 1.71. The van der Waals surface area contributed by atoms with E-state index in [4.69, 9.17) is 5.73 Å². The van der Waals surface area contributed by atoms with E-state index < -0.39 is 0 Å². The molecule has 1 amide bonds. The number of carbonyl (C=O) groups excluding carboxylic acids is 1. The second-order valence-electron chi connectivity index (χ2n) is 3.91. The van der Waals surface area contributed by atoms with Crippen LogP contribution in [0.25, 0.3) is 0 Å². The molecule has 1 aromatic carbocycles. The molecule has 3 N–H and O–H groups in total. The highest BCUT2D eigenvalue weighted by atomic mass is 19.1. The molecular weight excluding hydrogens is 233 g/mol. The number of aromatic nitrogens is 1. The molecule has 1 aromatic heterocycles. The first-order valence-electron chi connectivity index (χ1n) is 5.62. The predicted molar refractivity (Wildman–Crippen MR) is 68.9 cm³/mol. The predicted octanol–water partition coefficient (Wildman–Crippen LogP) is 2.48. The zero-order valence-corrected chi connectivity index (χ0v) is 9.98. The van der Waals surface area contributed by atoms with Gasteiger partial charge in [-0.25, -0.2) is 4.39 Å². The Morgan fingerprint density at radius 1 is 1.39 bits per heavy atom. The van der Waals surface area contributed by atoms with Gasteiger partial charge in [0.15, 0.2) is 0 Å². The number of benzene rings is 1. The molecule has 0 fully saturated rings. The third kappa shape index (κ3) is 2.51. The van der Waals surface area contributed by atoms with Crippen molar-refractivity contribution in [3.63, 3.8) is 0 Å². The Labute approximate surface area is 104 Å². The molecule has 0 unspecified atom stereocenters. The topological polar surface area (TPSA) is 60.0 Å². The summed E-state index contributed by atoms with van der Waals surface area (Å²) in [5, 5.41) is 2.69. The Hall–Kier alpha value is -2.30. The SMILES string of the molecule is CCn1cc(N)cc1C(=O)Nc1ccc(F)cc1. The van der Waals surface area contributed by atoms with Crippen LogP contribution in [0.1, 0.15) is 17.4 Å². The highest BCUT2D eigenvalue weighted by Gasteiger charge is 2.12. The van der Waals surface area contributed by atoms with Gasteiger partial charge in [-0.15, -0.1) is 0 Å². The second kappa shape index (κ2) is 4.91. The summed E-state index contributed by atoms with van der Waals surface area (Å²) in [4.78, 5) is 12.0. The monoisotopic (exact) mass is 247 g/mol. The number of nitrogens with zero attached hydrogens (tertiary/aromatic N) is 1. The molecule has 0 aliphatic rings. The van der Waals surface area contributed by atoms with Crippen molar-refractivity contribution in [1.82, 2.24) is 4.57 Å². The largest absolute Gasteiger partial charge is 0.397 e. The summed E-state index contributed by atoms with van der Waals surface area (Å²) in [5.41, 5.74) is 7.23. The number of nitrogens with two attached hydrogens (primary N) is 1. The standard InChI is InChI=1S/C13H14FN3O/c1-2-17-8-10(15)7-12(17)13(18)16-11-5-3-9(14)4-6-11/h3-8H,2,15H2,1H3,(H,16,18). The third-order valence-corrected chi connectivity index (χ3v) is 2.59. The maximum absolute atomic E-state index is 12.7. The van der Waals surface area contributed by atoms with Crippen LogP contribution in [0.5, 0.6) is 0 Å². The summed E-state index contributed by atoms with van der Waals surface area (Å²) in [7, 11) is 0. The number of hydrogen-bond donors (Lipinski definition) is 2. The van der Waals surface area contributed by atoms with Gasteiger partial charge in [0, 0.05) is 18.4 Å². The quantitative estimate of drug-likeness (QED) is 0.875. The van der Waals surface area contributed by atoms with E-state index in [0.717, 1.165) is 0 Å². The molecule has 0 atom stereocenters. The van der Waals surface area contributed by atoms with Crippen LogP contribution >= 0.6 is 0 Å².